The Morgan fingerprint density at radius 2 is 1.75 bits per heavy atom. The Hall–Kier alpha value is -2.59. The number of nitrogens with one attached hydrogen (secondary N) is 2. The van der Waals surface area contributed by atoms with E-state index in [4.69, 9.17) is 0 Å². The molecule has 1 heterocycles. The van der Waals surface area contributed by atoms with Gasteiger partial charge < -0.3 is 10.2 Å². The van der Waals surface area contributed by atoms with Gasteiger partial charge in [-0.15, -0.1) is 0 Å². The van der Waals surface area contributed by atoms with Gasteiger partial charge in [0.15, 0.2) is 0 Å². The Bertz CT molecular complexity index is 1030. The number of anilines is 1. The lowest BCUT2D eigenvalue weighted by atomic mass is 10.0. The number of sulfonamides is 1. The predicted octanol–water partition coefficient (Wildman–Crippen LogP) is 4.11. The highest BCUT2D eigenvalue weighted by molar-refractivity contribution is 7.92. The summed E-state index contributed by atoms with van der Waals surface area (Å²) >= 11 is 0. The number of benzene rings is 2. The molecule has 2 N–H and O–H groups in total. The van der Waals surface area contributed by atoms with Gasteiger partial charge in [-0.3, -0.25) is 9.52 Å². The number of likely N-dealkylation sites (tertiary alicyclic amines) is 1. The van der Waals surface area contributed by atoms with Crippen LogP contribution in [0.2, 0.25) is 0 Å². The molecule has 1 amide bonds. The zero-order valence-corrected chi connectivity index (χ0v) is 18.5. The van der Waals surface area contributed by atoms with Crippen LogP contribution in [0.15, 0.2) is 53.4 Å². The fraction of sp³-hybridized carbons (Fsp3) is 0.409. The summed E-state index contributed by atoms with van der Waals surface area (Å²) in [5.41, 5.74) is -0.833. The second-order valence-electron chi connectivity index (χ2n) is 7.80. The van der Waals surface area contributed by atoms with Crippen LogP contribution >= 0.6 is 0 Å². The number of piperidine rings is 1. The lowest BCUT2D eigenvalue weighted by Gasteiger charge is -2.32. The average Bonchev–Trinajstić information content (AvgIpc) is 2.75. The van der Waals surface area contributed by atoms with Gasteiger partial charge in [-0.2, -0.15) is 13.2 Å². The van der Waals surface area contributed by atoms with Gasteiger partial charge in [-0.1, -0.05) is 13.0 Å². The Balaban J connectivity index is 1.62. The van der Waals surface area contributed by atoms with Gasteiger partial charge in [0.2, 0.25) is 0 Å². The minimum absolute atomic E-state index is 0.0709. The number of hydrogen-bond acceptors (Lipinski definition) is 4. The normalized spacial score (nSPS) is 16.0. The molecule has 0 aromatic heterocycles. The van der Waals surface area contributed by atoms with Crippen LogP contribution in [0.1, 0.15) is 42.1 Å². The quantitative estimate of drug-likeness (QED) is 0.640. The third-order valence-corrected chi connectivity index (χ3v) is 6.73. The molecule has 0 atom stereocenters. The first kappa shape index (κ1) is 24.1. The molecule has 6 nitrogen and oxygen atoms in total. The Labute approximate surface area is 185 Å². The minimum Gasteiger partial charge on any atom is -0.349 e. The van der Waals surface area contributed by atoms with E-state index < -0.39 is 21.8 Å². The number of halogens is 3. The standard InChI is InChI=1S/C22H26F3N3O3S/c1-2-12-28-13-10-18(11-14-28)26-21(29)16-6-8-20(9-7-16)32(30,31)27-19-5-3-4-17(15-19)22(23,24)25/h3-9,15,18,27H,2,10-14H2,1H3,(H,26,29). The van der Waals surface area contributed by atoms with Crippen LogP contribution in [0.5, 0.6) is 0 Å². The van der Waals surface area contributed by atoms with E-state index in [1.165, 1.54) is 30.3 Å². The van der Waals surface area contributed by atoms with Crippen LogP contribution in [0.3, 0.4) is 0 Å². The molecule has 32 heavy (non-hydrogen) atoms. The molecule has 0 radical (unpaired) electrons. The Morgan fingerprint density at radius 3 is 2.34 bits per heavy atom. The number of rotatable bonds is 7. The van der Waals surface area contributed by atoms with E-state index >= 15 is 0 Å². The topological polar surface area (TPSA) is 78.5 Å². The van der Waals surface area contributed by atoms with Gasteiger partial charge in [-0.05, 0) is 68.3 Å². The molecule has 0 unspecified atom stereocenters. The maximum atomic E-state index is 12.8. The summed E-state index contributed by atoms with van der Waals surface area (Å²) in [5, 5.41) is 2.98. The molecule has 0 bridgehead atoms. The smallest absolute Gasteiger partial charge is 0.349 e. The predicted molar refractivity (Wildman–Crippen MR) is 116 cm³/mol. The lowest BCUT2D eigenvalue weighted by molar-refractivity contribution is -0.137. The van der Waals surface area contributed by atoms with Crippen molar-refractivity contribution in [3.8, 4) is 0 Å². The SMILES string of the molecule is CCCN1CCC(NC(=O)c2ccc(S(=O)(=O)Nc3cccc(C(F)(F)F)c3)cc2)CC1. The van der Waals surface area contributed by atoms with Gasteiger partial charge in [0.05, 0.1) is 10.5 Å². The Kier molecular flexibility index (Phi) is 7.45. The van der Waals surface area contributed by atoms with Gasteiger partial charge in [0.1, 0.15) is 0 Å². The zero-order chi connectivity index (χ0) is 23.4. The molecule has 1 saturated heterocycles. The van der Waals surface area contributed by atoms with Crippen molar-refractivity contribution in [1.29, 1.82) is 0 Å². The molecule has 174 valence electrons. The van der Waals surface area contributed by atoms with Crippen LogP contribution in [0, 0.1) is 0 Å². The highest BCUT2D eigenvalue weighted by Gasteiger charge is 2.30. The van der Waals surface area contributed by atoms with E-state index in [1.54, 1.807) is 0 Å². The van der Waals surface area contributed by atoms with Gasteiger partial charge in [-0.25, -0.2) is 8.42 Å². The highest BCUT2D eigenvalue weighted by atomic mass is 32.2. The maximum Gasteiger partial charge on any atom is 0.416 e. The summed E-state index contributed by atoms with van der Waals surface area (Å²) < 4.78 is 65.8. The first-order valence-electron chi connectivity index (χ1n) is 10.4. The van der Waals surface area contributed by atoms with E-state index in [0.29, 0.717) is 5.56 Å². The number of carbonyl (C=O) groups excluding carboxylic acids is 1. The molecule has 2 aromatic carbocycles. The summed E-state index contributed by atoms with van der Waals surface area (Å²) in [5.74, 6) is -0.284. The van der Waals surface area contributed by atoms with E-state index in [1.807, 2.05) is 0 Å². The van der Waals surface area contributed by atoms with Crippen molar-refractivity contribution in [3.63, 3.8) is 0 Å². The molecule has 0 saturated carbocycles. The monoisotopic (exact) mass is 469 g/mol. The van der Waals surface area contributed by atoms with Crippen LogP contribution in [0.4, 0.5) is 18.9 Å². The van der Waals surface area contributed by atoms with E-state index in [0.717, 1.165) is 57.1 Å². The van der Waals surface area contributed by atoms with Crippen molar-refractivity contribution >= 4 is 21.6 Å². The van der Waals surface area contributed by atoms with Crippen molar-refractivity contribution in [3.05, 3.63) is 59.7 Å². The molecule has 1 fully saturated rings. The molecule has 1 aliphatic rings. The van der Waals surface area contributed by atoms with Crippen molar-refractivity contribution in [2.45, 2.75) is 43.3 Å². The number of hydrogen-bond donors (Lipinski definition) is 2. The number of nitrogens with zero attached hydrogens (tertiary/aromatic N) is 1. The summed E-state index contributed by atoms with van der Waals surface area (Å²) in [6, 6.07) is 9.32. The second kappa shape index (κ2) is 9.91. The summed E-state index contributed by atoms with van der Waals surface area (Å²) in [4.78, 5) is 14.7. The largest absolute Gasteiger partial charge is 0.416 e. The summed E-state index contributed by atoms with van der Waals surface area (Å²) in [6.07, 6.45) is -1.77. The lowest BCUT2D eigenvalue weighted by Crippen LogP contribution is -2.44. The summed E-state index contributed by atoms with van der Waals surface area (Å²) in [7, 11) is -4.11. The number of carbonyl (C=O) groups is 1. The molecule has 10 heteroatoms. The van der Waals surface area contributed by atoms with E-state index in [2.05, 4.69) is 21.9 Å². The Morgan fingerprint density at radius 1 is 1.09 bits per heavy atom. The van der Waals surface area contributed by atoms with Crippen LogP contribution in [-0.4, -0.2) is 44.9 Å². The molecule has 2 aromatic rings. The molecular formula is C22H26F3N3O3S. The fourth-order valence-corrected chi connectivity index (χ4v) is 4.69. The van der Waals surface area contributed by atoms with Crippen molar-refractivity contribution < 1.29 is 26.4 Å². The number of alkyl halides is 3. The fourth-order valence-electron chi connectivity index (χ4n) is 3.64. The van der Waals surface area contributed by atoms with Gasteiger partial charge >= 0.3 is 6.18 Å². The second-order valence-corrected chi connectivity index (χ2v) is 9.48. The first-order valence-corrected chi connectivity index (χ1v) is 11.9. The molecular weight excluding hydrogens is 443 g/mol. The van der Waals surface area contributed by atoms with Crippen molar-refractivity contribution in [2.24, 2.45) is 0 Å². The van der Waals surface area contributed by atoms with Crippen molar-refractivity contribution in [1.82, 2.24) is 10.2 Å². The highest BCUT2D eigenvalue weighted by Crippen LogP contribution is 2.31. The third-order valence-electron chi connectivity index (χ3n) is 5.33. The maximum absolute atomic E-state index is 12.8. The first-order chi connectivity index (χ1) is 15.1. The average molecular weight is 470 g/mol. The van der Waals surface area contributed by atoms with Crippen LogP contribution in [0.25, 0.3) is 0 Å². The van der Waals surface area contributed by atoms with E-state index in [-0.39, 0.29) is 22.5 Å². The van der Waals surface area contributed by atoms with Crippen molar-refractivity contribution in [2.75, 3.05) is 24.4 Å². The van der Waals surface area contributed by atoms with E-state index in [9.17, 15) is 26.4 Å². The molecule has 0 spiro atoms. The minimum atomic E-state index is -4.58. The third kappa shape index (κ3) is 6.23. The van der Waals surface area contributed by atoms with Gasteiger partial charge in [0, 0.05) is 30.4 Å². The van der Waals surface area contributed by atoms with Crippen LogP contribution in [-0.2, 0) is 16.2 Å². The van der Waals surface area contributed by atoms with Crippen LogP contribution < -0.4 is 10.0 Å². The molecule has 3 rings (SSSR count). The molecule has 0 aliphatic carbocycles. The molecule has 1 aliphatic heterocycles. The number of amides is 1. The summed E-state index contributed by atoms with van der Waals surface area (Å²) in [6.45, 7) is 5.03. The zero-order valence-electron chi connectivity index (χ0n) is 17.7. The van der Waals surface area contributed by atoms with Gasteiger partial charge in [0.25, 0.3) is 15.9 Å².